The molecule has 1 heterocycles. The Morgan fingerprint density at radius 2 is 1.93 bits per heavy atom. The Labute approximate surface area is 170 Å². The second-order valence-electron chi connectivity index (χ2n) is 6.64. The Bertz CT molecular complexity index is 930. The topological polar surface area (TPSA) is 61.4 Å². The van der Waals surface area contributed by atoms with Crippen molar-refractivity contribution in [3.8, 4) is 0 Å². The van der Waals surface area contributed by atoms with Crippen LogP contribution in [-0.2, 0) is 29.4 Å². The van der Waals surface area contributed by atoms with Crippen LogP contribution in [0.1, 0.15) is 16.7 Å². The van der Waals surface area contributed by atoms with E-state index < -0.39 is 10.0 Å². The molecule has 0 saturated carbocycles. The highest BCUT2D eigenvalue weighted by molar-refractivity contribution is 7.92. The summed E-state index contributed by atoms with van der Waals surface area (Å²) in [6, 6.07) is 13.5. The molecule has 0 aliphatic carbocycles. The lowest BCUT2D eigenvalue weighted by atomic mass is 9.99. The number of benzene rings is 2. The Balaban J connectivity index is 1.54. The number of hydrogen-bond donors (Lipinski definition) is 2. The van der Waals surface area contributed by atoms with Crippen molar-refractivity contribution in [2.75, 3.05) is 24.1 Å². The van der Waals surface area contributed by atoms with Gasteiger partial charge in [0.25, 0.3) is 0 Å². The average Bonchev–Trinajstić information content (AvgIpc) is 2.61. The fourth-order valence-electron chi connectivity index (χ4n) is 3.08. The van der Waals surface area contributed by atoms with Crippen LogP contribution < -0.4 is 10.0 Å². The Morgan fingerprint density at radius 3 is 2.63 bits per heavy atom. The molecule has 0 unspecified atom stereocenters. The van der Waals surface area contributed by atoms with Crippen LogP contribution in [0, 0.1) is 0 Å². The number of anilines is 1. The molecule has 0 spiro atoms. The van der Waals surface area contributed by atoms with Crippen molar-refractivity contribution in [1.29, 1.82) is 0 Å². The van der Waals surface area contributed by atoms with E-state index >= 15 is 0 Å². The number of thiocarbonyl (C=S) groups is 1. The zero-order valence-corrected chi connectivity index (χ0v) is 17.4. The molecule has 1 aliphatic heterocycles. The van der Waals surface area contributed by atoms with E-state index in [0.29, 0.717) is 5.69 Å². The van der Waals surface area contributed by atoms with Gasteiger partial charge in [0, 0.05) is 30.3 Å². The molecule has 0 saturated heterocycles. The number of halogens is 1. The lowest BCUT2D eigenvalue weighted by Crippen LogP contribution is -2.43. The van der Waals surface area contributed by atoms with Gasteiger partial charge in [-0.25, -0.2) is 8.42 Å². The second-order valence-corrected chi connectivity index (χ2v) is 9.21. The number of nitrogens with zero attached hydrogens (tertiary/aromatic N) is 1. The van der Waals surface area contributed by atoms with Crippen LogP contribution in [0.25, 0.3) is 0 Å². The first-order valence-electron chi connectivity index (χ1n) is 8.67. The molecular formula is C19H22ClN3O2S2. The zero-order valence-electron chi connectivity index (χ0n) is 15.0. The highest BCUT2D eigenvalue weighted by Crippen LogP contribution is 2.23. The van der Waals surface area contributed by atoms with Crippen LogP contribution in [0.15, 0.2) is 42.5 Å². The van der Waals surface area contributed by atoms with Crippen LogP contribution in [-0.4, -0.2) is 37.8 Å². The van der Waals surface area contributed by atoms with Crippen LogP contribution in [0.3, 0.4) is 0 Å². The summed E-state index contributed by atoms with van der Waals surface area (Å²) in [6.45, 7) is 2.30. The number of nitrogens with one attached hydrogen (secondary N) is 2. The van der Waals surface area contributed by atoms with Crippen molar-refractivity contribution in [3.05, 3.63) is 64.2 Å². The maximum Gasteiger partial charge on any atom is 0.229 e. The maximum atomic E-state index is 11.4. The molecule has 0 amide bonds. The lowest BCUT2D eigenvalue weighted by Gasteiger charge is -2.31. The molecule has 27 heavy (non-hydrogen) atoms. The minimum atomic E-state index is -3.26. The number of fused-ring (bicyclic) bond motifs is 1. The summed E-state index contributed by atoms with van der Waals surface area (Å²) in [4.78, 5) is 2.14. The van der Waals surface area contributed by atoms with Crippen molar-refractivity contribution in [2.45, 2.75) is 19.4 Å². The van der Waals surface area contributed by atoms with Crippen molar-refractivity contribution in [3.63, 3.8) is 0 Å². The van der Waals surface area contributed by atoms with Gasteiger partial charge in [-0.3, -0.25) is 4.72 Å². The van der Waals surface area contributed by atoms with Gasteiger partial charge in [0.2, 0.25) is 10.0 Å². The Hall–Kier alpha value is -1.83. The predicted molar refractivity (Wildman–Crippen MR) is 115 cm³/mol. The van der Waals surface area contributed by atoms with Crippen molar-refractivity contribution >= 4 is 44.6 Å². The second kappa shape index (κ2) is 8.46. The fraction of sp³-hybridized carbons (Fsp3) is 0.316. The molecular weight excluding hydrogens is 402 g/mol. The molecule has 2 aromatic carbocycles. The summed E-state index contributed by atoms with van der Waals surface area (Å²) in [5, 5.41) is 4.80. The average molecular weight is 424 g/mol. The van der Waals surface area contributed by atoms with E-state index in [1.54, 1.807) is 6.07 Å². The number of rotatable bonds is 5. The maximum absolute atomic E-state index is 11.4. The van der Waals surface area contributed by atoms with E-state index in [2.05, 4.69) is 14.9 Å². The fourth-order valence-corrected chi connectivity index (χ4v) is 4.02. The van der Waals surface area contributed by atoms with Crippen molar-refractivity contribution in [1.82, 2.24) is 10.2 Å². The van der Waals surface area contributed by atoms with Crippen LogP contribution in [0.5, 0.6) is 0 Å². The molecule has 0 atom stereocenters. The monoisotopic (exact) mass is 423 g/mol. The molecule has 0 fully saturated rings. The molecule has 8 heteroatoms. The van der Waals surface area contributed by atoms with Gasteiger partial charge in [-0.15, -0.1) is 0 Å². The van der Waals surface area contributed by atoms with Gasteiger partial charge in [0.1, 0.15) is 0 Å². The van der Waals surface area contributed by atoms with Crippen molar-refractivity contribution in [2.24, 2.45) is 0 Å². The summed E-state index contributed by atoms with van der Waals surface area (Å²) in [5.74, 6) is 0. The van der Waals surface area contributed by atoms with E-state index in [1.807, 2.05) is 36.4 Å². The summed E-state index contributed by atoms with van der Waals surface area (Å²) in [5.41, 5.74) is 4.14. The highest BCUT2D eigenvalue weighted by atomic mass is 35.5. The van der Waals surface area contributed by atoms with E-state index in [4.69, 9.17) is 23.8 Å². The van der Waals surface area contributed by atoms with Crippen LogP contribution >= 0.6 is 23.8 Å². The lowest BCUT2D eigenvalue weighted by molar-refractivity contribution is 0.387. The van der Waals surface area contributed by atoms with Gasteiger partial charge < -0.3 is 10.2 Å². The van der Waals surface area contributed by atoms with E-state index in [1.165, 1.54) is 11.1 Å². The summed E-state index contributed by atoms with van der Waals surface area (Å²) >= 11 is 11.4. The van der Waals surface area contributed by atoms with E-state index in [9.17, 15) is 8.42 Å². The van der Waals surface area contributed by atoms with E-state index in [-0.39, 0.29) is 0 Å². The standard InChI is InChI=1S/C19H22ClN3O2S2/c1-27(24,25)22-18-7-4-16-13-23(11-9-15(16)12-18)19(26)21-10-8-14-2-5-17(20)6-3-14/h2-7,12,22H,8-11,13H2,1H3,(H,21,26). The van der Waals surface area contributed by atoms with E-state index in [0.717, 1.165) is 54.4 Å². The molecule has 144 valence electrons. The third-order valence-corrected chi connectivity index (χ3v) is 5.67. The first kappa shape index (κ1) is 19.9. The van der Waals surface area contributed by atoms with Crippen LogP contribution in [0.4, 0.5) is 5.69 Å². The summed E-state index contributed by atoms with van der Waals surface area (Å²) in [7, 11) is -3.26. The van der Waals surface area contributed by atoms with Gasteiger partial charge in [0.05, 0.1) is 6.26 Å². The van der Waals surface area contributed by atoms with Gasteiger partial charge in [-0.1, -0.05) is 29.8 Å². The summed E-state index contributed by atoms with van der Waals surface area (Å²) < 4.78 is 25.3. The first-order valence-corrected chi connectivity index (χ1v) is 11.3. The minimum Gasteiger partial charge on any atom is -0.362 e. The van der Waals surface area contributed by atoms with Gasteiger partial charge >= 0.3 is 0 Å². The quantitative estimate of drug-likeness (QED) is 0.723. The van der Waals surface area contributed by atoms with Gasteiger partial charge in [0.15, 0.2) is 5.11 Å². The molecule has 1 aliphatic rings. The number of sulfonamides is 1. The van der Waals surface area contributed by atoms with Gasteiger partial charge in [-0.05, 0) is 66.0 Å². The number of hydrogen-bond acceptors (Lipinski definition) is 3. The molecule has 0 bridgehead atoms. The molecule has 0 aromatic heterocycles. The first-order chi connectivity index (χ1) is 12.8. The molecule has 3 rings (SSSR count). The highest BCUT2D eigenvalue weighted by Gasteiger charge is 2.19. The van der Waals surface area contributed by atoms with Crippen molar-refractivity contribution < 1.29 is 8.42 Å². The molecule has 0 radical (unpaired) electrons. The molecule has 5 nitrogen and oxygen atoms in total. The third-order valence-electron chi connectivity index (χ3n) is 4.41. The Morgan fingerprint density at radius 1 is 1.19 bits per heavy atom. The normalized spacial score (nSPS) is 13.8. The van der Waals surface area contributed by atoms with Gasteiger partial charge in [-0.2, -0.15) is 0 Å². The largest absolute Gasteiger partial charge is 0.362 e. The Kier molecular flexibility index (Phi) is 6.24. The smallest absolute Gasteiger partial charge is 0.229 e. The summed E-state index contributed by atoms with van der Waals surface area (Å²) in [6.07, 6.45) is 2.86. The van der Waals surface area contributed by atoms with Crippen LogP contribution in [0.2, 0.25) is 5.02 Å². The molecule has 2 N–H and O–H groups in total. The zero-order chi connectivity index (χ0) is 19.4. The molecule has 2 aromatic rings. The third kappa shape index (κ3) is 5.82. The minimum absolute atomic E-state index is 0.605. The SMILES string of the molecule is CS(=O)(=O)Nc1ccc2c(c1)CCN(C(=S)NCCc1ccc(Cl)cc1)C2. The predicted octanol–water partition coefficient (Wildman–Crippen LogP) is 3.19.